The Labute approximate surface area is 147 Å². The minimum Gasteiger partial charge on any atom is -0.302 e. The SMILES string of the molecule is O=CC1(C(=O)c2cc(Cc3n[nH]c(=O)c4ccccc34)ccc2F)CC1. The molecule has 0 spiro atoms. The zero-order chi connectivity index (χ0) is 18.3. The van der Waals surface area contributed by atoms with Crippen LogP contribution in [0.2, 0.25) is 0 Å². The van der Waals surface area contributed by atoms with E-state index in [2.05, 4.69) is 10.2 Å². The average Bonchev–Trinajstić information content (AvgIpc) is 3.46. The normalized spacial score (nSPS) is 15.0. The van der Waals surface area contributed by atoms with Crippen LogP contribution < -0.4 is 5.56 Å². The first kappa shape index (κ1) is 16.3. The Hall–Kier alpha value is -3.15. The molecule has 1 heterocycles. The molecule has 0 aliphatic heterocycles. The Morgan fingerprint density at radius 1 is 1.19 bits per heavy atom. The second-order valence-electron chi connectivity index (χ2n) is 6.64. The smallest absolute Gasteiger partial charge is 0.272 e. The number of benzene rings is 2. The van der Waals surface area contributed by atoms with Gasteiger partial charge in [-0.2, -0.15) is 5.10 Å². The van der Waals surface area contributed by atoms with E-state index in [-0.39, 0.29) is 11.1 Å². The van der Waals surface area contributed by atoms with Gasteiger partial charge >= 0.3 is 0 Å². The Morgan fingerprint density at radius 2 is 1.92 bits per heavy atom. The highest BCUT2D eigenvalue weighted by molar-refractivity contribution is 6.11. The molecule has 0 atom stereocenters. The van der Waals surface area contributed by atoms with Crippen LogP contribution in [0.4, 0.5) is 4.39 Å². The van der Waals surface area contributed by atoms with Crippen molar-refractivity contribution in [2.75, 3.05) is 0 Å². The molecule has 130 valence electrons. The zero-order valence-corrected chi connectivity index (χ0v) is 13.8. The van der Waals surface area contributed by atoms with Crippen LogP contribution in [-0.4, -0.2) is 22.3 Å². The number of H-pyrrole nitrogens is 1. The molecule has 0 bridgehead atoms. The van der Waals surface area contributed by atoms with Crippen molar-refractivity contribution in [3.05, 3.63) is 75.5 Å². The molecule has 3 aromatic rings. The third-order valence-corrected chi connectivity index (χ3v) is 4.89. The number of carbonyl (C=O) groups is 2. The Bertz CT molecular complexity index is 1100. The number of nitrogens with zero attached hydrogens (tertiary/aromatic N) is 1. The number of aldehydes is 1. The average molecular weight is 350 g/mol. The fraction of sp³-hybridized carbons (Fsp3) is 0.200. The molecule has 0 saturated heterocycles. The molecule has 1 aliphatic carbocycles. The molecule has 1 saturated carbocycles. The summed E-state index contributed by atoms with van der Waals surface area (Å²) in [4.78, 5) is 35.6. The number of rotatable bonds is 5. The summed E-state index contributed by atoms with van der Waals surface area (Å²) in [6, 6.07) is 11.4. The van der Waals surface area contributed by atoms with Crippen molar-refractivity contribution in [1.82, 2.24) is 10.2 Å². The number of hydrogen-bond donors (Lipinski definition) is 1. The lowest BCUT2D eigenvalue weighted by atomic mass is 9.93. The van der Waals surface area contributed by atoms with Crippen molar-refractivity contribution in [3.63, 3.8) is 0 Å². The molecule has 0 radical (unpaired) electrons. The third kappa shape index (κ3) is 2.63. The molecule has 1 N–H and O–H groups in total. The maximum absolute atomic E-state index is 14.2. The van der Waals surface area contributed by atoms with Gasteiger partial charge in [-0.3, -0.25) is 9.59 Å². The number of Topliss-reactive ketones (excluding diaryl/α,β-unsaturated/α-hetero) is 1. The monoisotopic (exact) mass is 350 g/mol. The molecule has 0 unspecified atom stereocenters. The first-order chi connectivity index (χ1) is 12.5. The minimum absolute atomic E-state index is 0.0687. The van der Waals surface area contributed by atoms with Crippen molar-refractivity contribution in [2.45, 2.75) is 19.3 Å². The van der Waals surface area contributed by atoms with Crippen molar-refractivity contribution >= 4 is 22.8 Å². The van der Waals surface area contributed by atoms with Gasteiger partial charge in [-0.1, -0.05) is 24.3 Å². The number of ketones is 1. The third-order valence-electron chi connectivity index (χ3n) is 4.89. The zero-order valence-electron chi connectivity index (χ0n) is 13.8. The highest BCUT2D eigenvalue weighted by atomic mass is 19.1. The van der Waals surface area contributed by atoms with Crippen molar-refractivity contribution in [3.8, 4) is 0 Å². The molecule has 6 heteroatoms. The van der Waals surface area contributed by atoms with E-state index in [1.807, 2.05) is 6.07 Å². The quantitative estimate of drug-likeness (QED) is 0.436. The van der Waals surface area contributed by atoms with Crippen LogP contribution in [-0.2, 0) is 11.2 Å². The van der Waals surface area contributed by atoms with Gasteiger partial charge in [0, 0.05) is 11.8 Å². The van der Waals surface area contributed by atoms with E-state index < -0.39 is 17.0 Å². The largest absolute Gasteiger partial charge is 0.302 e. The number of aromatic amines is 1. The van der Waals surface area contributed by atoms with Gasteiger partial charge in [0.05, 0.1) is 22.1 Å². The lowest BCUT2D eigenvalue weighted by Gasteiger charge is -2.10. The molecule has 1 fully saturated rings. The van der Waals surface area contributed by atoms with E-state index in [1.165, 1.54) is 12.1 Å². The molecule has 2 aromatic carbocycles. The Morgan fingerprint density at radius 3 is 2.62 bits per heavy atom. The lowest BCUT2D eigenvalue weighted by Crippen LogP contribution is -2.19. The molecule has 1 aromatic heterocycles. The summed E-state index contributed by atoms with van der Waals surface area (Å²) in [5.41, 5.74) is -0.0905. The van der Waals surface area contributed by atoms with E-state index in [0.717, 1.165) is 0 Å². The van der Waals surface area contributed by atoms with Crippen LogP contribution >= 0.6 is 0 Å². The van der Waals surface area contributed by atoms with Crippen LogP contribution in [0.1, 0.15) is 34.5 Å². The van der Waals surface area contributed by atoms with Gasteiger partial charge in [0.25, 0.3) is 5.56 Å². The molecular formula is C20H15FN2O3. The van der Waals surface area contributed by atoms with Crippen LogP contribution in [0.3, 0.4) is 0 Å². The second-order valence-corrected chi connectivity index (χ2v) is 6.64. The topological polar surface area (TPSA) is 79.9 Å². The minimum atomic E-state index is -1.05. The highest BCUT2D eigenvalue weighted by Gasteiger charge is 2.50. The summed E-state index contributed by atoms with van der Waals surface area (Å²) in [5, 5.41) is 7.80. The number of fused-ring (bicyclic) bond motifs is 1. The Kier molecular flexibility index (Phi) is 3.76. The van der Waals surface area contributed by atoms with Gasteiger partial charge in [-0.25, -0.2) is 9.49 Å². The van der Waals surface area contributed by atoms with Gasteiger partial charge in [-0.05, 0) is 36.6 Å². The fourth-order valence-corrected chi connectivity index (χ4v) is 3.16. The summed E-state index contributed by atoms with van der Waals surface area (Å²) in [6.07, 6.45) is 1.88. The maximum Gasteiger partial charge on any atom is 0.272 e. The van der Waals surface area contributed by atoms with Crippen molar-refractivity contribution in [1.29, 1.82) is 0 Å². The molecule has 1 aliphatic rings. The van der Waals surface area contributed by atoms with Crippen LogP contribution in [0.5, 0.6) is 0 Å². The first-order valence-corrected chi connectivity index (χ1v) is 8.30. The summed E-state index contributed by atoms with van der Waals surface area (Å²) < 4.78 is 14.2. The molecule has 4 rings (SSSR count). The van der Waals surface area contributed by atoms with Gasteiger partial charge in [0.15, 0.2) is 5.78 Å². The first-order valence-electron chi connectivity index (χ1n) is 8.30. The maximum atomic E-state index is 14.2. The van der Waals surface area contributed by atoms with Gasteiger partial charge in [0.1, 0.15) is 12.1 Å². The summed E-state index contributed by atoms with van der Waals surface area (Å²) in [7, 11) is 0. The molecule has 5 nitrogen and oxygen atoms in total. The van der Waals surface area contributed by atoms with E-state index in [4.69, 9.17) is 0 Å². The van der Waals surface area contributed by atoms with Crippen molar-refractivity contribution in [2.24, 2.45) is 5.41 Å². The molecule has 26 heavy (non-hydrogen) atoms. The fourth-order valence-electron chi connectivity index (χ4n) is 3.16. The van der Waals surface area contributed by atoms with Gasteiger partial charge < -0.3 is 4.79 Å². The second kappa shape index (κ2) is 5.98. The van der Waals surface area contributed by atoms with E-state index in [9.17, 15) is 18.8 Å². The standard InChI is InChI=1S/C20H15FN2O3/c21-16-6-5-12(9-15(16)18(25)20(11-24)7-8-20)10-17-13-3-1-2-4-14(13)19(26)23-22-17/h1-6,9,11H,7-8,10H2,(H,23,26). The van der Waals surface area contributed by atoms with E-state index in [0.29, 0.717) is 47.6 Å². The number of carbonyl (C=O) groups excluding carboxylic acids is 2. The van der Waals surface area contributed by atoms with E-state index >= 15 is 0 Å². The van der Waals surface area contributed by atoms with Crippen LogP contribution in [0, 0.1) is 11.2 Å². The molecule has 0 amide bonds. The predicted octanol–water partition coefficient (Wildman–Crippen LogP) is 2.81. The molecular weight excluding hydrogens is 335 g/mol. The summed E-state index contributed by atoms with van der Waals surface area (Å²) in [6.45, 7) is 0. The predicted molar refractivity (Wildman–Crippen MR) is 93.6 cm³/mol. The summed E-state index contributed by atoms with van der Waals surface area (Å²) >= 11 is 0. The number of hydrogen-bond acceptors (Lipinski definition) is 4. The van der Waals surface area contributed by atoms with Gasteiger partial charge in [-0.15, -0.1) is 0 Å². The number of halogens is 1. The highest BCUT2D eigenvalue weighted by Crippen LogP contribution is 2.46. The van der Waals surface area contributed by atoms with Crippen LogP contribution in [0.25, 0.3) is 10.8 Å². The summed E-state index contributed by atoms with van der Waals surface area (Å²) in [5.74, 6) is -1.10. The Balaban J connectivity index is 1.73. The number of nitrogens with one attached hydrogen (secondary N) is 1. The van der Waals surface area contributed by atoms with Crippen molar-refractivity contribution < 1.29 is 14.0 Å². The van der Waals surface area contributed by atoms with E-state index in [1.54, 1.807) is 24.3 Å². The van der Waals surface area contributed by atoms with Crippen LogP contribution in [0.15, 0.2) is 47.3 Å². The number of aromatic nitrogens is 2. The van der Waals surface area contributed by atoms with Gasteiger partial charge in [0.2, 0.25) is 0 Å². The lowest BCUT2D eigenvalue weighted by molar-refractivity contribution is -0.110.